The number of allylic oxidation sites excluding steroid dienone is 2. The monoisotopic (exact) mass is 969 g/mol. The second-order valence-corrected chi connectivity index (χ2v) is 19.5. The average molecular weight is 970 g/mol. The van der Waals surface area contributed by atoms with Crippen LogP contribution < -0.4 is 38.1 Å². The van der Waals surface area contributed by atoms with Crippen LogP contribution in [-0.4, -0.2) is 82.3 Å². The van der Waals surface area contributed by atoms with Crippen molar-refractivity contribution in [3.8, 4) is 22.9 Å². The number of rotatable bonds is 24. The number of benzene rings is 2. The van der Waals surface area contributed by atoms with Crippen molar-refractivity contribution in [2.45, 2.75) is 151 Å². The van der Waals surface area contributed by atoms with E-state index >= 15 is 0 Å². The molecule has 3 heterocycles. The van der Waals surface area contributed by atoms with Crippen LogP contribution in [0.1, 0.15) is 141 Å². The molecule has 0 aliphatic carbocycles. The molecule has 2 aliphatic heterocycles. The number of anilines is 1. The zero-order chi connectivity index (χ0) is 51.7. The predicted octanol–water partition coefficient (Wildman–Crippen LogP) is 11.8. The molecule has 2 atom stereocenters. The van der Waals surface area contributed by atoms with Crippen LogP contribution in [0.15, 0.2) is 90.6 Å². The molecule has 10 nitrogen and oxygen atoms in total. The first-order valence-corrected chi connectivity index (χ1v) is 26.8. The summed E-state index contributed by atoms with van der Waals surface area (Å²) in [6.07, 6.45) is 25.9. The lowest BCUT2D eigenvalue weighted by molar-refractivity contribution is 0.324. The van der Waals surface area contributed by atoms with Crippen LogP contribution in [0.2, 0.25) is 0 Å². The van der Waals surface area contributed by atoms with E-state index < -0.39 is 0 Å². The first-order chi connectivity index (χ1) is 33.4. The van der Waals surface area contributed by atoms with E-state index in [0.717, 1.165) is 68.2 Å². The van der Waals surface area contributed by atoms with Gasteiger partial charge in [0.1, 0.15) is 0 Å². The molecule has 9 N–H and O–H groups in total. The van der Waals surface area contributed by atoms with Crippen molar-refractivity contribution in [3.05, 3.63) is 108 Å². The number of nitrogens with two attached hydrogens (primary N) is 2. The fraction of sp³-hybridized carbons (Fsp3) is 0.586. The van der Waals surface area contributed by atoms with Crippen LogP contribution >= 0.6 is 11.3 Å². The zero-order valence-corrected chi connectivity index (χ0v) is 46.2. The highest BCUT2D eigenvalue weighted by Gasteiger charge is 2.22. The topological polar surface area (TPSA) is 141 Å². The number of thiazole rings is 1. The van der Waals surface area contributed by atoms with Crippen LogP contribution in [-0.2, 0) is 19.4 Å². The Morgan fingerprint density at radius 2 is 1.62 bits per heavy atom. The van der Waals surface area contributed by atoms with Gasteiger partial charge in [-0.25, -0.2) is 4.98 Å². The van der Waals surface area contributed by atoms with Gasteiger partial charge in [0.2, 0.25) is 0 Å². The normalized spacial score (nSPS) is 14.3. The minimum absolute atomic E-state index is 0.140. The molecule has 0 amide bonds. The van der Waals surface area contributed by atoms with Gasteiger partial charge in [0.15, 0.2) is 6.29 Å². The molecule has 5 rings (SSSR count). The Morgan fingerprint density at radius 3 is 2.13 bits per heavy atom. The first kappa shape index (κ1) is 64.7. The summed E-state index contributed by atoms with van der Waals surface area (Å²) >= 11 is 1.67. The van der Waals surface area contributed by atoms with Crippen molar-refractivity contribution in [2.24, 2.45) is 27.8 Å². The molecule has 0 bridgehead atoms. The van der Waals surface area contributed by atoms with Gasteiger partial charge in [-0.1, -0.05) is 123 Å². The number of unbranched alkanes of at least 4 members (excludes halogenated alkanes) is 5. The van der Waals surface area contributed by atoms with Crippen LogP contribution in [0, 0.1) is 30.7 Å². The lowest BCUT2D eigenvalue weighted by Crippen LogP contribution is -2.32. The molecule has 11 heteroatoms. The molecule has 388 valence electrons. The fourth-order valence-electron chi connectivity index (χ4n) is 7.77. The van der Waals surface area contributed by atoms with Gasteiger partial charge < -0.3 is 37.6 Å². The second-order valence-electron chi connectivity index (χ2n) is 18.6. The summed E-state index contributed by atoms with van der Waals surface area (Å²) in [4.78, 5) is 12.8. The van der Waals surface area contributed by atoms with Gasteiger partial charge in [0, 0.05) is 42.8 Å². The fourth-order valence-corrected chi connectivity index (χ4v) is 8.58. The number of nitrogens with one attached hydrogen (secondary N) is 5. The predicted molar refractivity (Wildman–Crippen MR) is 308 cm³/mol. The van der Waals surface area contributed by atoms with Crippen molar-refractivity contribution in [2.75, 3.05) is 65.7 Å². The molecule has 0 spiro atoms. The third-order valence-electron chi connectivity index (χ3n) is 11.6. The van der Waals surface area contributed by atoms with Gasteiger partial charge in [-0.05, 0) is 170 Å². The molecule has 2 unspecified atom stereocenters. The van der Waals surface area contributed by atoms with E-state index in [-0.39, 0.29) is 6.29 Å². The zero-order valence-electron chi connectivity index (χ0n) is 45.4. The molecule has 69 heavy (non-hydrogen) atoms. The van der Waals surface area contributed by atoms with Crippen molar-refractivity contribution in [3.63, 3.8) is 0 Å². The summed E-state index contributed by atoms with van der Waals surface area (Å²) in [5, 5.41) is 16.3. The maximum Gasteiger partial charge on any atom is 0.173 e. The number of hydrogen-bond acceptors (Lipinski definition) is 11. The summed E-state index contributed by atoms with van der Waals surface area (Å²) in [5.74, 6) is 0.858. The van der Waals surface area contributed by atoms with E-state index in [4.69, 9.17) is 11.4 Å². The smallest absolute Gasteiger partial charge is 0.173 e. The van der Waals surface area contributed by atoms with E-state index in [2.05, 4.69) is 158 Å². The largest absolute Gasteiger partial charge is 0.375 e. The van der Waals surface area contributed by atoms with E-state index in [1.165, 1.54) is 131 Å². The highest BCUT2D eigenvalue weighted by Crippen LogP contribution is 2.29. The molecule has 2 aliphatic rings. The standard InChI is InChI=1S/C27H46N4.C13H12N2S.C12H23N.C4H9N.2CH5N/c1-6-10-20-29-21-16-14-12-11-13-15-17-25(9-4)30-27(28-5)31-26-19-18-23(7-2)24(8-3)22-26;1-3-14-8-11-4-6-12(7-5-11)13-10(2)15-9-16-13;1-10-6-7-13(9-10)11(2)8-12(3,4)5;1-2-4-5-3-1;2*1-2/h6,9,18-19,22,27-29,31H,1,4,7-8,10-17,20-21H2,2-3,5H3;1,4-7,9,14H,8H2,2H3;10H,2,6-9H2,1,3-5H3;5H,1-4H2;2*2H2,1H3/b30-25+;;;;;. The van der Waals surface area contributed by atoms with Crippen LogP contribution in [0.25, 0.3) is 10.4 Å². The molecule has 3 aromatic rings. The highest BCUT2D eigenvalue weighted by atomic mass is 32.1. The lowest BCUT2D eigenvalue weighted by atomic mass is 9.90. The van der Waals surface area contributed by atoms with Gasteiger partial charge >= 0.3 is 0 Å². The number of terminal acetylenes is 1. The first-order valence-electron chi connectivity index (χ1n) is 25.9. The number of nitrogens with zero attached hydrogens (tertiary/aromatic N) is 3. The molecule has 1 aromatic heterocycles. The minimum atomic E-state index is -0.140. The van der Waals surface area contributed by atoms with Crippen LogP contribution in [0.3, 0.4) is 0 Å². The van der Waals surface area contributed by atoms with Crippen molar-refractivity contribution < 1.29 is 0 Å². The van der Waals surface area contributed by atoms with Gasteiger partial charge in [-0.3, -0.25) is 10.3 Å². The summed E-state index contributed by atoms with van der Waals surface area (Å²) in [6, 6.07) is 17.4. The average Bonchev–Trinajstić information content (AvgIpc) is 4.19. The third-order valence-corrected chi connectivity index (χ3v) is 12.5. The summed E-state index contributed by atoms with van der Waals surface area (Å²) in [5.41, 5.74) is 21.1. The molecule has 2 aromatic carbocycles. The van der Waals surface area contributed by atoms with Gasteiger partial charge in [0.25, 0.3) is 0 Å². The Bertz CT molecular complexity index is 1810. The van der Waals surface area contributed by atoms with E-state index in [1.807, 2.05) is 31.6 Å². The Morgan fingerprint density at radius 1 is 0.971 bits per heavy atom. The number of hydrogen-bond donors (Lipinski definition) is 7. The highest BCUT2D eigenvalue weighted by molar-refractivity contribution is 7.13. The quantitative estimate of drug-likeness (QED) is 0.0117. The van der Waals surface area contributed by atoms with Crippen molar-refractivity contribution in [1.82, 2.24) is 31.2 Å². The minimum Gasteiger partial charge on any atom is -0.375 e. The summed E-state index contributed by atoms with van der Waals surface area (Å²) in [7, 11) is 4.94. The molecule has 2 saturated heterocycles. The van der Waals surface area contributed by atoms with Crippen LogP contribution in [0.5, 0.6) is 0 Å². The molecule has 2 fully saturated rings. The van der Waals surface area contributed by atoms with E-state index in [1.54, 1.807) is 11.3 Å². The Hall–Kier alpha value is -4.28. The van der Waals surface area contributed by atoms with Gasteiger partial charge in [0.05, 0.1) is 16.1 Å². The number of likely N-dealkylation sites (tertiary alicyclic amines) is 1. The maximum atomic E-state index is 5.14. The Kier molecular flexibility index (Phi) is 38.9. The molecular weight excluding hydrogens is 869 g/mol. The van der Waals surface area contributed by atoms with Gasteiger partial charge in [-0.15, -0.1) is 17.9 Å². The lowest BCUT2D eigenvalue weighted by Gasteiger charge is -2.27. The number of aromatic nitrogens is 1. The molecule has 0 radical (unpaired) electrons. The molecular formula is C58H100N10S. The number of aliphatic imine (C=N–C) groups is 1. The third kappa shape index (κ3) is 30.8. The van der Waals surface area contributed by atoms with E-state index in [9.17, 15) is 0 Å². The Labute approximate surface area is 427 Å². The van der Waals surface area contributed by atoms with Crippen molar-refractivity contribution in [1.29, 1.82) is 0 Å². The SMILES string of the molecule is C#CNCc1ccc(-c2scnc2C)cc1.C1CCNC1.C=C(CC(C)(C)C)N1CCC(C)C1.C=CCCNCCCCCCCC/C(C=C)=N/C(NC)Nc1ccc(CC)c(CC)c1.CN.CN. The number of aryl methyl sites for hydroxylation is 3. The Balaban J connectivity index is 0.00000100. The van der Waals surface area contributed by atoms with Crippen LogP contribution in [0.4, 0.5) is 5.69 Å². The maximum absolute atomic E-state index is 5.14. The summed E-state index contributed by atoms with van der Waals surface area (Å²) in [6.45, 7) is 35.3. The van der Waals surface area contributed by atoms with E-state index in [0.29, 0.717) is 12.0 Å². The summed E-state index contributed by atoms with van der Waals surface area (Å²) < 4.78 is 0. The van der Waals surface area contributed by atoms with Crippen molar-refractivity contribution >= 4 is 22.7 Å². The van der Waals surface area contributed by atoms with Gasteiger partial charge in [-0.2, -0.15) is 0 Å². The molecule has 0 saturated carbocycles. The second kappa shape index (κ2) is 41.5.